The Bertz CT molecular complexity index is 1100. The monoisotopic (exact) mass is 543 g/mol. The first-order chi connectivity index (χ1) is 18.5. The smallest absolute Gasteiger partial charge is 0.253 e. The fourth-order valence-electron chi connectivity index (χ4n) is 4.32. The van der Waals surface area contributed by atoms with Gasteiger partial charge in [-0.3, -0.25) is 14.8 Å². The van der Waals surface area contributed by atoms with Crippen LogP contribution in [0.5, 0.6) is 11.5 Å². The largest absolute Gasteiger partial charge is 0.497 e. The van der Waals surface area contributed by atoms with E-state index in [1.165, 1.54) is 0 Å². The van der Waals surface area contributed by atoms with E-state index in [2.05, 4.69) is 11.4 Å². The van der Waals surface area contributed by atoms with Gasteiger partial charge in [-0.25, -0.2) is 5.48 Å². The van der Waals surface area contributed by atoms with Gasteiger partial charge in [-0.1, -0.05) is 59.7 Å². The number of fused-ring (bicyclic) bond motifs is 3. The van der Waals surface area contributed by atoms with E-state index in [0.29, 0.717) is 31.1 Å². The number of amides is 2. The van der Waals surface area contributed by atoms with Crippen LogP contribution in [0.15, 0.2) is 42.5 Å². The minimum atomic E-state index is -1.01. The first-order valence-corrected chi connectivity index (χ1v) is 13.5. The molecule has 216 valence electrons. The Balaban J connectivity index is 0.00000260. The molecule has 3 rings (SSSR count). The predicted octanol–water partition coefficient (Wildman–Crippen LogP) is 4.85. The summed E-state index contributed by atoms with van der Waals surface area (Å²) in [6, 6.07) is 12.6. The van der Waals surface area contributed by atoms with Crippen molar-refractivity contribution in [1.29, 1.82) is 0 Å². The molecule has 2 aromatic rings. The van der Waals surface area contributed by atoms with Gasteiger partial charge < -0.3 is 25.3 Å². The number of aryl methyl sites for hydroxylation is 1. The van der Waals surface area contributed by atoms with Crippen LogP contribution < -0.4 is 26.0 Å². The molecule has 2 bridgehead atoms. The summed E-state index contributed by atoms with van der Waals surface area (Å²) in [5.74, 6) is 0.393. The molecule has 2 unspecified atom stereocenters. The molecule has 0 saturated heterocycles. The van der Waals surface area contributed by atoms with Crippen molar-refractivity contribution in [2.24, 2.45) is 16.6 Å². The van der Waals surface area contributed by atoms with Gasteiger partial charge in [0.15, 0.2) is 0 Å². The summed E-state index contributed by atoms with van der Waals surface area (Å²) in [5, 5.41) is 12.2. The van der Waals surface area contributed by atoms with Gasteiger partial charge in [-0.2, -0.15) is 0 Å². The molecule has 1 aliphatic heterocycles. The molecule has 9 nitrogen and oxygen atoms in total. The molecule has 2 atom stereocenters. The van der Waals surface area contributed by atoms with E-state index in [-0.39, 0.29) is 12.3 Å². The molecule has 39 heavy (non-hydrogen) atoms. The second kappa shape index (κ2) is 14.3. The SMILES string of the molecule is CC.COc1cc2cc(c1)COc1ccccc1NC(=O)C(CC(N)C(C)(C)C(C)(C)C(=O)NO)OCCC2. The molecule has 2 aromatic carbocycles. The van der Waals surface area contributed by atoms with Crippen molar-refractivity contribution in [3.05, 3.63) is 53.6 Å². The minimum absolute atomic E-state index is 0.174. The number of anilines is 1. The number of carbonyl (C=O) groups excluding carboxylic acids is 2. The van der Waals surface area contributed by atoms with E-state index in [0.717, 1.165) is 23.3 Å². The number of nitrogens with one attached hydrogen (secondary N) is 2. The molecule has 0 aliphatic carbocycles. The van der Waals surface area contributed by atoms with E-state index in [4.69, 9.17) is 19.9 Å². The zero-order chi connectivity index (χ0) is 29.2. The summed E-state index contributed by atoms with van der Waals surface area (Å²) in [5.41, 5.74) is 9.11. The molecular formula is C30H45N3O6. The molecule has 0 radical (unpaired) electrons. The van der Waals surface area contributed by atoms with Crippen LogP contribution in [0, 0.1) is 10.8 Å². The number of nitrogens with two attached hydrogens (primary N) is 1. The zero-order valence-corrected chi connectivity index (χ0v) is 24.3. The first-order valence-electron chi connectivity index (χ1n) is 13.5. The highest BCUT2D eigenvalue weighted by molar-refractivity contribution is 5.95. The van der Waals surface area contributed by atoms with Crippen LogP contribution in [0.4, 0.5) is 5.69 Å². The Morgan fingerprint density at radius 2 is 1.85 bits per heavy atom. The Labute approximate surface area is 232 Å². The lowest BCUT2D eigenvalue weighted by molar-refractivity contribution is -0.146. The number of para-hydroxylation sites is 2. The highest BCUT2D eigenvalue weighted by Gasteiger charge is 2.47. The van der Waals surface area contributed by atoms with Gasteiger partial charge in [0.1, 0.15) is 24.2 Å². The van der Waals surface area contributed by atoms with Crippen LogP contribution in [-0.4, -0.2) is 42.9 Å². The number of methoxy groups -OCH3 is 1. The third-order valence-corrected chi connectivity index (χ3v) is 7.70. The van der Waals surface area contributed by atoms with Crippen molar-refractivity contribution < 1.29 is 29.0 Å². The van der Waals surface area contributed by atoms with Crippen molar-refractivity contribution in [3.63, 3.8) is 0 Å². The summed E-state index contributed by atoms with van der Waals surface area (Å²) in [6.07, 6.45) is 0.730. The Kier molecular flexibility index (Phi) is 11.8. The standard InChI is InChI=1S/C28H39N3O6.C2H6/c1-27(2,28(3,4)26(33)31-34)24(29)16-23-25(32)30-21-10-6-7-11-22(21)37-17-19-13-18(9-8-12-36-23)14-20(15-19)35-5;1-2/h6-7,10-11,13-15,23-24,34H,8-9,12,16-17,29H2,1-5H3,(H,30,32)(H,31,33);1-2H3. The van der Waals surface area contributed by atoms with E-state index in [1.807, 2.05) is 52.0 Å². The second-order valence-electron chi connectivity index (χ2n) is 10.6. The molecule has 0 fully saturated rings. The van der Waals surface area contributed by atoms with Crippen LogP contribution in [0.2, 0.25) is 0 Å². The molecule has 0 saturated carbocycles. The number of carbonyl (C=O) groups is 2. The maximum atomic E-state index is 13.4. The zero-order valence-electron chi connectivity index (χ0n) is 24.3. The van der Waals surface area contributed by atoms with Crippen molar-refractivity contribution >= 4 is 17.5 Å². The van der Waals surface area contributed by atoms with Gasteiger partial charge in [0, 0.05) is 12.6 Å². The summed E-state index contributed by atoms with van der Waals surface area (Å²) >= 11 is 0. The summed E-state index contributed by atoms with van der Waals surface area (Å²) < 4.78 is 17.6. The fraction of sp³-hybridized carbons (Fsp3) is 0.533. The highest BCUT2D eigenvalue weighted by Crippen LogP contribution is 2.42. The lowest BCUT2D eigenvalue weighted by atomic mass is 9.62. The fourth-order valence-corrected chi connectivity index (χ4v) is 4.32. The number of hydrogen-bond acceptors (Lipinski definition) is 7. The summed E-state index contributed by atoms with van der Waals surface area (Å²) in [6.45, 7) is 11.8. The van der Waals surface area contributed by atoms with Gasteiger partial charge in [0.25, 0.3) is 5.91 Å². The van der Waals surface area contributed by atoms with Gasteiger partial charge in [-0.05, 0) is 60.1 Å². The van der Waals surface area contributed by atoms with E-state index >= 15 is 0 Å². The quantitative estimate of drug-likeness (QED) is 0.303. The summed E-state index contributed by atoms with van der Waals surface area (Å²) in [4.78, 5) is 25.8. The maximum absolute atomic E-state index is 13.4. The molecule has 2 amide bonds. The molecule has 1 aliphatic rings. The van der Waals surface area contributed by atoms with E-state index in [9.17, 15) is 14.8 Å². The minimum Gasteiger partial charge on any atom is -0.497 e. The van der Waals surface area contributed by atoms with Crippen molar-refractivity contribution in [3.8, 4) is 11.5 Å². The van der Waals surface area contributed by atoms with Gasteiger partial charge in [0.05, 0.1) is 18.2 Å². The molecule has 5 N–H and O–H groups in total. The molecule has 1 heterocycles. The van der Waals surface area contributed by atoms with Crippen molar-refractivity contribution in [2.75, 3.05) is 19.0 Å². The normalized spacial score (nSPS) is 17.2. The molecular weight excluding hydrogens is 498 g/mol. The highest BCUT2D eigenvalue weighted by atomic mass is 16.5. The molecule has 9 heteroatoms. The predicted molar refractivity (Wildman–Crippen MR) is 152 cm³/mol. The third-order valence-electron chi connectivity index (χ3n) is 7.70. The van der Waals surface area contributed by atoms with E-state index in [1.54, 1.807) is 38.6 Å². The number of hydrogen-bond donors (Lipinski definition) is 4. The lowest BCUT2D eigenvalue weighted by Crippen LogP contribution is -2.55. The lowest BCUT2D eigenvalue weighted by Gasteiger charge is -2.44. The van der Waals surface area contributed by atoms with Crippen molar-refractivity contribution in [2.45, 2.75) is 79.6 Å². The van der Waals surface area contributed by atoms with Crippen LogP contribution in [0.1, 0.15) is 65.5 Å². The first kappa shape index (κ1) is 32.1. The topological polar surface area (TPSA) is 132 Å². The Morgan fingerprint density at radius 1 is 1.18 bits per heavy atom. The number of rotatable bonds is 6. The second-order valence-corrected chi connectivity index (χ2v) is 10.6. The average molecular weight is 544 g/mol. The maximum Gasteiger partial charge on any atom is 0.253 e. The number of hydroxylamine groups is 1. The van der Waals surface area contributed by atoms with Crippen LogP contribution in [0.25, 0.3) is 0 Å². The molecule has 0 spiro atoms. The van der Waals surface area contributed by atoms with E-state index < -0.39 is 28.9 Å². The Hall–Kier alpha value is -3.14. The van der Waals surface area contributed by atoms with Crippen LogP contribution >= 0.6 is 0 Å². The number of ether oxygens (including phenoxy) is 3. The van der Waals surface area contributed by atoms with Crippen LogP contribution in [-0.2, 0) is 27.4 Å². The van der Waals surface area contributed by atoms with Crippen LogP contribution in [0.3, 0.4) is 0 Å². The summed E-state index contributed by atoms with van der Waals surface area (Å²) in [7, 11) is 1.64. The molecule has 0 aromatic heterocycles. The van der Waals surface area contributed by atoms with Gasteiger partial charge in [-0.15, -0.1) is 0 Å². The van der Waals surface area contributed by atoms with Gasteiger partial charge >= 0.3 is 0 Å². The average Bonchev–Trinajstić information content (AvgIpc) is 2.93. The number of benzene rings is 2. The third kappa shape index (κ3) is 7.94. The van der Waals surface area contributed by atoms with Crippen molar-refractivity contribution in [1.82, 2.24) is 5.48 Å². The van der Waals surface area contributed by atoms with Gasteiger partial charge in [0.2, 0.25) is 5.91 Å². The Morgan fingerprint density at radius 3 is 2.51 bits per heavy atom.